The smallest absolute Gasteiger partial charge is 0.203 e. The summed E-state index contributed by atoms with van der Waals surface area (Å²) in [4.78, 5) is 13.7. The molecule has 5 heteroatoms. The SMILES string of the molecule is COc1cc2c(c(OC)c1OC)C(c1ccc(SC)cc1)CC2=O. The first-order valence-corrected chi connectivity index (χ1v) is 8.87. The van der Waals surface area contributed by atoms with Gasteiger partial charge in [-0.05, 0) is 30.0 Å². The van der Waals surface area contributed by atoms with Crippen LogP contribution < -0.4 is 14.2 Å². The van der Waals surface area contributed by atoms with Crippen LogP contribution in [0.5, 0.6) is 17.2 Å². The molecule has 126 valence electrons. The van der Waals surface area contributed by atoms with Gasteiger partial charge in [-0.1, -0.05) is 12.1 Å². The first kappa shape index (κ1) is 16.7. The Hall–Kier alpha value is -2.14. The summed E-state index contributed by atoms with van der Waals surface area (Å²) in [5.74, 6) is 1.69. The van der Waals surface area contributed by atoms with Gasteiger partial charge < -0.3 is 14.2 Å². The monoisotopic (exact) mass is 344 g/mol. The molecule has 1 aliphatic carbocycles. The van der Waals surface area contributed by atoms with E-state index < -0.39 is 0 Å². The van der Waals surface area contributed by atoms with Gasteiger partial charge in [0.2, 0.25) is 5.75 Å². The number of hydrogen-bond donors (Lipinski definition) is 0. The number of thioether (sulfide) groups is 1. The zero-order chi connectivity index (χ0) is 17.3. The van der Waals surface area contributed by atoms with E-state index in [-0.39, 0.29) is 11.7 Å². The fraction of sp³-hybridized carbons (Fsp3) is 0.316. The first-order chi connectivity index (χ1) is 11.6. The molecule has 1 unspecified atom stereocenters. The van der Waals surface area contributed by atoms with Crippen LogP contribution >= 0.6 is 11.8 Å². The number of hydrogen-bond acceptors (Lipinski definition) is 5. The van der Waals surface area contributed by atoms with Gasteiger partial charge in [0.05, 0.1) is 21.3 Å². The summed E-state index contributed by atoms with van der Waals surface area (Å²) >= 11 is 1.70. The summed E-state index contributed by atoms with van der Waals surface area (Å²) < 4.78 is 16.4. The van der Waals surface area contributed by atoms with Gasteiger partial charge in [0.1, 0.15) is 0 Å². The Morgan fingerprint density at radius 3 is 2.21 bits per heavy atom. The second kappa shape index (κ2) is 6.77. The Labute approximate surface area is 146 Å². The quantitative estimate of drug-likeness (QED) is 0.762. The van der Waals surface area contributed by atoms with E-state index in [1.54, 1.807) is 39.2 Å². The third kappa shape index (κ3) is 2.63. The molecule has 3 rings (SSSR count). The average molecular weight is 344 g/mol. The third-order valence-corrected chi connectivity index (χ3v) is 5.17. The van der Waals surface area contributed by atoms with E-state index in [0.717, 1.165) is 11.1 Å². The summed E-state index contributed by atoms with van der Waals surface area (Å²) in [6.07, 6.45) is 2.48. The van der Waals surface area contributed by atoms with Gasteiger partial charge in [0, 0.05) is 28.4 Å². The molecule has 1 atom stereocenters. The highest BCUT2D eigenvalue weighted by Crippen LogP contribution is 2.51. The molecule has 0 radical (unpaired) electrons. The molecule has 2 aromatic rings. The van der Waals surface area contributed by atoms with Crippen LogP contribution in [-0.4, -0.2) is 33.4 Å². The molecule has 0 aromatic heterocycles. The zero-order valence-electron chi connectivity index (χ0n) is 14.2. The second-order valence-corrected chi connectivity index (χ2v) is 6.44. The number of ketones is 1. The second-order valence-electron chi connectivity index (χ2n) is 5.56. The highest BCUT2D eigenvalue weighted by molar-refractivity contribution is 7.98. The van der Waals surface area contributed by atoms with Crippen molar-refractivity contribution in [1.82, 2.24) is 0 Å². The third-order valence-electron chi connectivity index (χ3n) is 4.42. The Bertz CT molecular complexity index is 768. The Morgan fingerprint density at radius 2 is 1.67 bits per heavy atom. The summed E-state index contributed by atoms with van der Waals surface area (Å²) in [5.41, 5.74) is 2.64. The maximum atomic E-state index is 12.6. The summed E-state index contributed by atoms with van der Waals surface area (Å²) in [5, 5.41) is 0. The van der Waals surface area contributed by atoms with Gasteiger partial charge in [-0.3, -0.25) is 4.79 Å². The lowest BCUT2D eigenvalue weighted by molar-refractivity contribution is 0.0991. The van der Waals surface area contributed by atoms with Crippen molar-refractivity contribution in [3.63, 3.8) is 0 Å². The van der Waals surface area contributed by atoms with Gasteiger partial charge in [0.25, 0.3) is 0 Å². The highest BCUT2D eigenvalue weighted by Gasteiger charge is 2.36. The van der Waals surface area contributed by atoms with Crippen LogP contribution in [0.2, 0.25) is 0 Å². The average Bonchev–Trinajstić information content (AvgIpc) is 2.96. The number of benzene rings is 2. The van der Waals surface area contributed by atoms with Gasteiger partial charge in [-0.15, -0.1) is 11.8 Å². The minimum Gasteiger partial charge on any atom is -0.493 e. The summed E-state index contributed by atoms with van der Waals surface area (Å²) in [6, 6.07) is 10.1. The molecular formula is C19H20O4S. The van der Waals surface area contributed by atoms with Crippen LogP contribution in [-0.2, 0) is 0 Å². The molecule has 0 saturated heterocycles. The summed E-state index contributed by atoms with van der Waals surface area (Å²) in [6.45, 7) is 0. The lowest BCUT2D eigenvalue weighted by Crippen LogP contribution is -2.03. The topological polar surface area (TPSA) is 44.8 Å². The summed E-state index contributed by atoms with van der Waals surface area (Å²) in [7, 11) is 4.72. The Morgan fingerprint density at radius 1 is 1.00 bits per heavy atom. The van der Waals surface area contributed by atoms with Crippen LogP contribution in [0.25, 0.3) is 0 Å². The van der Waals surface area contributed by atoms with E-state index in [1.165, 1.54) is 4.90 Å². The van der Waals surface area contributed by atoms with Gasteiger partial charge in [-0.25, -0.2) is 0 Å². The number of methoxy groups -OCH3 is 3. The van der Waals surface area contributed by atoms with Crippen molar-refractivity contribution in [2.45, 2.75) is 17.2 Å². The molecule has 0 saturated carbocycles. The molecule has 0 aliphatic heterocycles. The maximum absolute atomic E-state index is 12.6. The molecule has 24 heavy (non-hydrogen) atoms. The van der Waals surface area contributed by atoms with E-state index in [4.69, 9.17) is 14.2 Å². The number of rotatable bonds is 5. The van der Waals surface area contributed by atoms with Crippen molar-refractivity contribution in [3.8, 4) is 17.2 Å². The van der Waals surface area contributed by atoms with E-state index in [0.29, 0.717) is 29.2 Å². The number of ether oxygens (including phenoxy) is 3. The van der Waals surface area contributed by atoms with Gasteiger partial charge >= 0.3 is 0 Å². The Balaban J connectivity index is 2.17. The maximum Gasteiger partial charge on any atom is 0.203 e. The molecule has 0 spiro atoms. The van der Waals surface area contributed by atoms with Crippen LogP contribution in [0, 0.1) is 0 Å². The van der Waals surface area contributed by atoms with E-state index in [9.17, 15) is 4.79 Å². The predicted molar refractivity (Wildman–Crippen MR) is 95.1 cm³/mol. The normalized spacial score (nSPS) is 16.0. The van der Waals surface area contributed by atoms with E-state index in [2.05, 4.69) is 24.3 Å². The molecule has 4 nitrogen and oxygen atoms in total. The molecule has 0 fully saturated rings. The van der Waals surface area contributed by atoms with Crippen molar-refractivity contribution < 1.29 is 19.0 Å². The van der Waals surface area contributed by atoms with Gasteiger partial charge in [-0.2, -0.15) is 0 Å². The van der Waals surface area contributed by atoms with E-state index >= 15 is 0 Å². The van der Waals surface area contributed by atoms with Crippen molar-refractivity contribution in [2.24, 2.45) is 0 Å². The molecule has 0 heterocycles. The molecule has 2 aromatic carbocycles. The lowest BCUT2D eigenvalue weighted by Gasteiger charge is -2.19. The highest BCUT2D eigenvalue weighted by atomic mass is 32.2. The number of fused-ring (bicyclic) bond motifs is 1. The minimum atomic E-state index is -0.0295. The first-order valence-electron chi connectivity index (χ1n) is 7.64. The molecular weight excluding hydrogens is 324 g/mol. The van der Waals surface area contributed by atoms with Crippen LogP contribution in [0.1, 0.15) is 33.8 Å². The van der Waals surface area contributed by atoms with Gasteiger partial charge in [0.15, 0.2) is 17.3 Å². The van der Waals surface area contributed by atoms with Crippen LogP contribution in [0.15, 0.2) is 35.2 Å². The Kier molecular flexibility index (Phi) is 4.71. The van der Waals surface area contributed by atoms with Crippen molar-refractivity contribution >= 4 is 17.5 Å². The molecule has 0 N–H and O–H groups in total. The number of carbonyl (C=O) groups excluding carboxylic acids is 1. The molecule has 0 bridgehead atoms. The largest absolute Gasteiger partial charge is 0.493 e. The zero-order valence-corrected chi connectivity index (χ0v) is 15.0. The van der Waals surface area contributed by atoms with Crippen LogP contribution in [0.4, 0.5) is 0 Å². The fourth-order valence-corrected chi connectivity index (χ4v) is 3.68. The number of carbonyl (C=O) groups is 1. The van der Waals surface area contributed by atoms with E-state index in [1.807, 2.05) is 6.26 Å². The van der Waals surface area contributed by atoms with Crippen molar-refractivity contribution in [1.29, 1.82) is 0 Å². The standard InChI is InChI=1S/C19H20O4S/c1-21-16-10-14-15(20)9-13(11-5-7-12(24-4)8-6-11)17(14)19(23-3)18(16)22-2/h5-8,10,13H,9H2,1-4H3. The van der Waals surface area contributed by atoms with Crippen LogP contribution in [0.3, 0.4) is 0 Å². The van der Waals surface area contributed by atoms with Crippen molar-refractivity contribution in [2.75, 3.05) is 27.6 Å². The molecule has 0 amide bonds. The van der Waals surface area contributed by atoms with Crippen molar-refractivity contribution in [3.05, 3.63) is 47.0 Å². The lowest BCUT2D eigenvalue weighted by atomic mass is 9.92. The minimum absolute atomic E-state index is 0.0295. The molecule has 1 aliphatic rings. The number of Topliss-reactive ketones (excluding diaryl/α,β-unsaturated/α-hetero) is 1. The predicted octanol–water partition coefficient (Wildman–Crippen LogP) is 4.15. The fourth-order valence-electron chi connectivity index (χ4n) is 3.27.